The van der Waals surface area contributed by atoms with Crippen LogP contribution in [0.5, 0.6) is 0 Å². The zero-order valence-corrected chi connectivity index (χ0v) is 13.4. The normalized spacial score (nSPS) is 17.8. The predicted molar refractivity (Wildman–Crippen MR) is 84.6 cm³/mol. The van der Waals surface area contributed by atoms with E-state index < -0.39 is 0 Å². The second-order valence-corrected chi connectivity index (χ2v) is 6.53. The van der Waals surface area contributed by atoms with Crippen LogP contribution in [0.2, 0.25) is 0 Å². The van der Waals surface area contributed by atoms with Gasteiger partial charge in [-0.3, -0.25) is 4.79 Å². The standard InChI is InChI=1S/C16H20N2O3S/c1-11-18-14(10-22-11)15-6-4-13(21-15)9-17-16(19)7-5-12-3-2-8-20-12/h4,6,10,12H,2-3,5,7-9H2,1H3,(H,17,19)/t12-/m0/s1. The van der Waals surface area contributed by atoms with Gasteiger partial charge >= 0.3 is 0 Å². The lowest BCUT2D eigenvalue weighted by Gasteiger charge is -2.08. The third kappa shape index (κ3) is 3.96. The monoisotopic (exact) mass is 320 g/mol. The van der Waals surface area contributed by atoms with Gasteiger partial charge in [0.25, 0.3) is 0 Å². The van der Waals surface area contributed by atoms with E-state index in [2.05, 4.69) is 10.3 Å². The van der Waals surface area contributed by atoms with E-state index in [-0.39, 0.29) is 12.0 Å². The second-order valence-electron chi connectivity index (χ2n) is 5.47. The number of aromatic nitrogens is 1. The van der Waals surface area contributed by atoms with E-state index in [1.807, 2.05) is 24.4 Å². The minimum Gasteiger partial charge on any atom is -0.458 e. The number of amides is 1. The Labute approximate surface area is 133 Å². The van der Waals surface area contributed by atoms with Crippen molar-refractivity contribution in [1.82, 2.24) is 10.3 Å². The minimum atomic E-state index is 0.0398. The number of aryl methyl sites for hydroxylation is 1. The van der Waals surface area contributed by atoms with Crippen molar-refractivity contribution < 1.29 is 13.9 Å². The molecule has 1 atom stereocenters. The Kier molecular flexibility index (Phi) is 4.90. The van der Waals surface area contributed by atoms with Crippen LogP contribution in [0.1, 0.15) is 36.5 Å². The van der Waals surface area contributed by atoms with Crippen molar-refractivity contribution in [2.45, 2.75) is 45.3 Å². The Morgan fingerprint density at radius 3 is 3.14 bits per heavy atom. The highest BCUT2D eigenvalue weighted by atomic mass is 32.1. The van der Waals surface area contributed by atoms with Crippen LogP contribution in [0.4, 0.5) is 0 Å². The van der Waals surface area contributed by atoms with Gasteiger partial charge in [0.1, 0.15) is 11.5 Å². The number of carbonyl (C=O) groups is 1. The van der Waals surface area contributed by atoms with Crippen molar-refractivity contribution in [3.63, 3.8) is 0 Å². The molecule has 3 rings (SSSR count). The summed E-state index contributed by atoms with van der Waals surface area (Å²) in [5, 5.41) is 5.87. The summed E-state index contributed by atoms with van der Waals surface area (Å²) in [4.78, 5) is 16.2. The summed E-state index contributed by atoms with van der Waals surface area (Å²) in [7, 11) is 0. The molecule has 0 unspecified atom stereocenters. The fourth-order valence-electron chi connectivity index (χ4n) is 2.53. The third-order valence-corrected chi connectivity index (χ3v) is 4.48. The molecule has 0 saturated carbocycles. The first-order valence-corrected chi connectivity index (χ1v) is 8.48. The van der Waals surface area contributed by atoms with Crippen molar-refractivity contribution in [3.8, 4) is 11.5 Å². The van der Waals surface area contributed by atoms with Gasteiger partial charge in [0.2, 0.25) is 5.91 Å². The third-order valence-electron chi connectivity index (χ3n) is 3.71. The average molecular weight is 320 g/mol. The summed E-state index contributed by atoms with van der Waals surface area (Å²) < 4.78 is 11.2. The molecule has 0 aromatic carbocycles. The second kappa shape index (κ2) is 7.07. The van der Waals surface area contributed by atoms with Crippen molar-refractivity contribution in [2.75, 3.05) is 6.61 Å². The molecular formula is C16H20N2O3S. The summed E-state index contributed by atoms with van der Waals surface area (Å²) >= 11 is 1.59. The molecule has 118 valence electrons. The van der Waals surface area contributed by atoms with E-state index in [4.69, 9.17) is 9.15 Å². The van der Waals surface area contributed by atoms with Crippen LogP contribution in [0.15, 0.2) is 21.9 Å². The summed E-state index contributed by atoms with van der Waals surface area (Å²) in [5.41, 5.74) is 0.846. The number of furan rings is 1. The molecule has 2 aromatic rings. The Morgan fingerprint density at radius 1 is 1.50 bits per heavy atom. The minimum absolute atomic E-state index is 0.0398. The molecule has 0 aliphatic carbocycles. The molecule has 0 bridgehead atoms. The molecule has 6 heteroatoms. The molecule has 2 aromatic heterocycles. The summed E-state index contributed by atoms with van der Waals surface area (Å²) in [6.07, 6.45) is 3.74. The van der Waals surface area contributed by atoms with Gasteiger partial charge in [-0.15, -0.1) is 11.3 Å². The van der Waals surface area contributed by atoms with E-state index >= 15 is 0 Å². The Morgan fingerprint density at radius 2 is 2.41 bits per heavy atom. The number of hydrogen-bond acceptors (Lipinski definition) is 5. The van der Waals surface area contributed by atoms with Crippen LogP contribution >= 0.6 is 11.3 Å². The number of thiazole rings is 1. The molecule has 1 fully saturated rings. The van der Waals surface area contributed by atoms with E-state index in [1.165, 1.54) is 0 Å². The molecule has 3 heterocycles. The highest BCUT2D eigenvalue weighted by Crippen LogP contribution is 2.23. The highest BCUT2D eigenvalue weighted by Gasteiger charge is 2.16. The largest absolute Gasteiger partial charge is 0.458 e. The smallest absolute Gasteiger partial charge is 0.220 e. The van der Waals surface area contributed by atoms with Gasteiger partial charge < -0.3 is 14.5 Å². The first-order valence-electron chi connectivity index (χ1n) is 7.60. The zero-order chi connectivity index (χ0) is 15.4. The maximum atomic E-state index is 11.8. The van der Waals surface area contributed by atoms with E-state index in [0.29, 0.717) is 13.0 Å². The number of ether oxygens (including phenoxy) is 1. The molecule has 22 heavy (non-hydrogen) atoms. The van der Waals surface area contributed by atoms with Gasteiger partial charge in [-0.1, -0.05) is 0 Å². The molecule has 0 spiro atoms. The zero-order valence-electron chi connectivity index (χ0n) is 12.6. The van der Waals surface area contributed by atoms with Crippen LogP contribution in [0.25, 0.3) is 11.5 Å². The van der Waals surface area contributed by atoms with Crippen molar-refractivity contribution in [2.24, 2.45) is 0 Å². The molecule has 1 aliphatic rings. The van der Waals surface area contributed by atoms with Crippen LogP contribution < -0.4 is 5.32 Å². The number of nitrogens with zero attached hydrogens (tertiary/aromatic N) is 1. The van der Waals surface area contributed by atoms with E-state index in [1.54, 1.807) is 11.3 Å². The lowest BCUT2D eigenvalue weighted by atomic mass is 10.1. The van der Waals surface area contributed by atoms with Crippen LogP contribution in [-0.2, 0) is 16.1 Å². The Hall–Kier alpha value is -1.66. The Bertz CT molecular complexity index is 629. The quantitative estimate of drug-likeness (QED) is 0.887. The molecule has 1 N–H and O–H groups in total. The first-order chi connectivity index (χ1) is 10.7. The summed E-state index contributed by atoms with van der Waals surface area (Å²) in [6, 6.07) is 3.77. The molecule has 0 radical (unpaired) electrons. The first kappa shape index (κ1) is 15.2. The number of hydrogen-bond donors (Lipinski definition) is 1. The van der Waals surface area contributed by atoms with E-state index in [9.17, 15) is 4.79 Å². The predicted octanol–water partition coefficient (Wildman–Crippen LogP) is 3.29. The molecular weight excluding hydrogens is 300 g/mol. The van der Waals surface area contributed by atoms with Crippen molar-refractivity contribution in [3.05, 3.63) is 28.3 Å². The van der Waals surface area contributed by atoms with Crippen LogP contribution in [0, 0.1) is 6.92 Å². The topological polar surface area (TPSA) is 64.4 Å². The molecule has 1 aliphatic heterocycles. The average Bonchev–Trinajstić information content (AvgIpc) is 3.24. The van der Waals surface area contributed by atoms with Gasteiger partial charge in [0.15, 0.2) is 5.76 Å². The number of rotatable bonds is 6. The summed E-state index contributed by atoms with van der Waals surface area (Å²) in [6.45, 7) is 3.21. The van der Waals surface area contributed by atoms with Crippen molar-refractivity contribution in [1.29, 1.82) is 0 Å². The van der Waals surface area contributed by atoms with Crippen LogP contribution in [-0.4, -0.2) is 23.6 Å². The maximum Gasteiger partial charge on any atom is 0.220 e. The Balaban J connectivity index is 1.45. The van der Waals surface area contributed by atoms with Gasteiger partial charge in [-0.2, -0.15) is 0 Å². The van der Waals surface area contributed by atoms with Gasteiger partial charge in [0.05, 0.1) is 17.7 Å². The SMILES string of the molecule is Cc1nc(-c2ccc(CNC(=O)CC[C@@H]3CCCO3)o2)cs1. The maximum absolute atomic E-state index is 11.8. The highest BCUT2D eigenvalue weighted by molar-refractivity contribution is 7.09. The lowest BCUT2D eigenvalue weighted by molar-refractivity contribution is -0.121. The lowest BCUT2D eigenvalue weighted by Crippen LogP contribution is -2.23. The number of nitrogens with one attached hydrogen (secondary N) is 1. The fraction of sp³-hybridized carbons (Fsp3) is 0.500. The van der Waals surface area contributed by atoms with Gasteiger partial charge in [-0.05, 0) is 38.3 Å². The van der Waals surface area contributed by atoms with Crippen LogP contribution in [0.3, 0.4) is 0 Å². The van der Waals surface area contributed by atoms with E-state index in [0.717, 1.165) is 48.1 Å². The molecule has 1 amide bonds. The molecule has 1 saturated heterocycles. The number of carbonyl (C=O) groups excluding carboxylic acids is 1. The van der Waals surface area contributed by atoms with Gasteiger partial charge in [-0.25, -0.2) is 4.98 Å². The summed E-state index contributed by atoms with van der Waals surface area (Å²) in [5.74, 6) is 1.53. The van der Waals surface area contributed by atoms with Gasteiger partial charge in [0, 0.05) is 18.4 Å². The van der Waals surface area contributed by atoms with Crippen molar-refractivity contribution >= 4 is 17.2 Å². The fourth-order valence-corrected chi connectivity index (χ4v) is 3.13. The molecule has 5 nitrogen and oxygen atoms in total.